The highest BCUT2D eigenvalue weighted by Crippen LogP contribution is 2.36. The summed E-state index contributed by atoms with van der Waals surface area (Å²) in [4.78, 5) is 12.9. The summed E-state index contributed by atoms with van der Waals surface area (Å²) in [6, 6.07) is 17.0. The summed E-state index contributed by atoms with van der Waals surface area (Å²) >= 11 is 6.20. The zero-order valence-corrected chi connectivity index (χ0v) is 19.3. The van der Waals surface area contributed by atoms with Gasteiger partial charge in [0.05, 0.1) is 28.0 Å². The number of amides is 1. The third-order valence-corrected chi connectivity index (χ3v) is 6.42. The molecule has 6 nitrogen and oxygen atoms in total. The van der Waals surface area contributed by atoms with Crippen LogP contribution < -0.4 is 15.4 Å². The molecule has 0 fully saturated rings. The maximum absolute atomic E-state index is 12.9. The molecule has 168 valence electrons. The fraction of sp³-hybridized carbons (Fsp3) is 0.231. The molecular weight excluding hydrogens is 436 g/mol. The van der Waals surface area contributed by atoms with Gasteiger partial charge in [-0.2, -0.15) is 5.10 Å². The van der Waals surface area contributed by atoms with Crippen molar-refractivity contribution < 1.29 is 9.53 Å². The van der Waals surface area contributed by atoms with Crippen molar-refractivity contribution in [3.05, 3.63) is 76.9 Å². The van der Waals surface area contributed by atoms with E-state index in [0.29, 0.717) is 33.7 Å². The van der Waals surface area contributed by atoms with E-state index >= 15 is 0 Å². The lowest BCUT2D eigenvalue weighted by molar-refractivity contribution is 0.0965. The highest BCUT2D eigenvalue weighted by atomic mass is 35.5. The fourth-order valence-corrected chi connectivity index (χ4v) is 4.51. The largest absolute Gasteiger partial charge is 0.456 e. The molecule has 0 saturated heterocycles. The number of aromatic nitrogens is 2. The van der Waals surface area contributed by atoms with Crippen LogP contribution in [0.1, 0.15) is 41.6 Å². The maximum Gasteiger partial charge on any atom is 0.255 e. The van der Waals surface area contributed by atoms with Gasteiger partial charge in [-0.15, -0.1) is 0 Å². The Hall–Kier alpha value is -3.51. The summed E-state index contributed by atoms with van der Waals surface area (Å²) in [6.45, 7) is 3.17. The van der Waals surface area contributed by atoms with Gasteiger partial charge >= 0.3 is 0 Å². The molecule has 0 spiro atoms. The Labute approximate surface area is 197 Å². The number of carbonyl (C=O) groups is 1. The highest BCUT2D eigenvalue weighted by molar-refractivity contribution is 6.32. The quantitative estimate of drug-likeness (QED) is 0.385. The third kappa shape index (κ3) is 4.02. The molecule has 0 saturated carbocycles. The van der Waals surface area contributed by atoms with Crippen molar-refractivity contribution in [1.29, 1.82) is 0 Å². The minimum absolute atomic E-state index is 0.162. The van der Waals surface area contributed by atoms with Crippen molar-refractivity contribution >= 4 is 28.7 Å². The number of anilines is 1. The van der Waals surface area contributed by atoms with Crippen LogP contribution in [-0.2, 0) is 0 Å². The number of hydrogen-bond acceptors (Lipinski definition) is 4. The van der Waals surface area contributed by atoms with Crippen LogP contribution in [0.4, 0.5) is 5.69 Å². The van der Waals surface area contributed by atoms with Gasteiger partial charge in [-0.05, 0) is 66.8 Å². The Morgan fingerprint density at radius 3 is 2.76 bits per heavy atom. The normalized spacial score (nSPS) is 15.4. The highest BCUT2D eigenvalue weighted by Gasteiger charge is 2.24. The van der Waals surface area contributed by atoms with Gasteiger partial charge in [0.15, 0.2) is 0 Å². The van der Waals surface area contributed by atoms with Gasteiger partial charge < -0.3 is 15.4 Å². The van der Waals surface area contributed by atoms with Crippen LogP contribution in [0.15, 0.2) is 60.8 Å². The number of fused-ring (bicyclic) bond motifs is 2. The number of carbonyl (C=O) groups excluding carboxylic acids is 1. The van der Waals surface area contributed by atoms with Gasteiger partial charge in [-0.3, -0.25) is 4.79 Å². The smallest absolute Gasteiger partial charge is 0.255 e. The Morgan fingerprint density at radius 2 is 2.00 bits per heavy atom. The maximum atomic E-state index is 12.9. The molecular formula is C26H25ClN4O2. The van der Waals surface area contributed by atoms with Crippen LogP contribution >= 0.6 is 11.6 Å². The summed E-state index contributed by atoms with van der Waals surface area (Å²) < 4.78 is 7.71. The first-order chi connectivity index (χ1) is 16.0. The lowest BCUT2D eigenvalue weighted by Gasteiger charge is -2.13. The van der Waals surface area contributed by atoms with Gasteiger partial charge in [0.1, 0.15) is 17.2 Å². The number of halogens is 1. The molecule has 1 atom stereocenters. The Bertz CT molecular complexity index is 1330. The second kappa shape index (κ2) is 8.79. The molecule has 0 aliphatic carbocycles. The van der Waals surface area contributed by atoms with E-state index in [0.717, 1.165) is 36.2 Å². The van der Waals surface area contributed by atoms with E-state index < -0.39 is 0 Å². The monoisotopic (exact) mass is 460 g/mol. The van der Waals surface area contributed by atoms with Crippen LogP contribution in [0.2, 0.25) is 5.02 Å². The number of para-hydroxylation sites is 1. The van der Waals surface area contributed by atoms with Crippen molar-refractivity contribution in [3.8, 4) is 22.8 Å². The topological polar surface area (TPSA) is 67.7 Å². The molecule has 3 heterocycles. The minimum Gasteiger partial charge on any atom is -0.456 e. The molecule has 33 heavy (non-hydrogen) atoms. The van der Waals surface area contributed by atoms with E-state index in [4.69, 9.17) is 21.4 Å². The van der Waals surface area contributed by atoms with Gasteiger partial charge in [0.2, 0.25) is 0 Å². The minimum atomic E-state index is -0.162. The molecule has 0 bridgehead atoms. The number of benzene rings is 2. The average molecular weight is 461 g/mol. The second-order valence-electron chi connectivity index (χ2n) is 8.30. The lowest BCUT2D eigenvalue weighted by Crippen LogP contribution is -2.18. The molecule has 1 aliphatic rings. The number of pyridine rings is 1. The Kier molecular flexibility index (Phi) is 5.68. The summed E-state index contributed by atoms with van der Waals surface area (Å²) in [6.07, 6.45) is 4.23. The lowest BCUT2D eigenvalue weighted by atomic mass is 9.96. The first kappa shape index (κ1) is 21.3. The fourth-order valence-electron chi connectivity index (χ4n) is 4.33. The van der Waals surface area contributed by atoms with Crippen molar-refractivity contribution in [2.75, 3.05) is 18.9 Å². The molecule has 2 aromatic heterocycles. The number of rotatable bonds is 4. The second-order valence-corrected chi connectivity index (χ2v) is 8.71. The van der Waals surface area contributed by atoms with Crippen molar-refractivity contribution in [2.45, 2.75) is 25.7 Å². The number of ether oxygens (including phenoxy) is 1. The number of hydrogen-bond donors (Lipinski definition) is 2. The zero-order valence-electron chi connectivity index (χ0n) is 18.6. The Balaban J connectivity index is 1.57. The van der Waals surface area contributed by atoms with Gasteiger partial charge in [0, 0.05) is 19.2 Å². The molecule has 1 amide bonds. The van der Waals surface area contributed by atoms with Crippen molar-refractivity contribution in [2.24, 2.45) is 0 Å². The molecule has 5 rings (SSSR count). The van der Waals surface area contributed by atoms with Crippen molar-refractivity contribution in [1.82, 2.24) is 14.9 Å². The standard InChI is InChI=1S/C26H25ClN4O2/c1-16-6-5-13-29-21-15-31-22(14-19(16)21)24(26(32)28-2)25(30-31)17-9-11-18(12-10-17)33-23-8-4-3-7-20(23)27/h3-4,7-12,14-16,29H,5-6,13H2,1-2H3,(H,28,32). The van der Waals surface area contributed by atoms with Crippen molar-refractivity contribution in [3.63, 3.8) is 0 Å². The zero-order chi connectivity index (χ0) is 22.9. The van der Waals surface area contributed by atoms with Crippen LogP contribution in [0, 0.1) is 0 Å². The van der Waals surface area contributed by atoms with Crippen LogP contribution in [0.3, 0.4) is 0 Å². The molecule has 4 aromatic rings. The van der Waals surface area contributed by atoms with Gasteiger partial charge in [-0.25, -0.2) is 4.52 Å². The predicted octanol–water partition coefficient (Wildman–Crippen LogP) is 6.12. The van der Waals surface area contributed by atoms with Crippen LogP contribution in [-0.4, -0.2) is 29.1 Å². The van der Waals surface area contributed by atoms with E-state index in [1.807, 2.05) is 48.7 Å². The molecule has 1 unspecified atom stereocenters. The molecule has 2 N–H and O–H groups in total. The summed E-state index contributed by atoms with van der Waals surface area (Å²) in [7, 11) is 1.64. The number of nitrogens with zero attached hydrogens (tertiary/aromatic N) is 2. The summed E-state index contributed by atoms with van der Waals surface area (Å²) in [5.41, 5.74) is 5.13. The van der Waals surface area contributed by atoms with Crippen LogP contribution in [0.5, 0.6) is 11.5 Å². The molecule has 1 aliphatic heterocycles. The van der Waals surface area contributed by atoms with E-state index in [1.54, 1.807) is 17.6 Å². The predicted molar refractivity (Wildman–Crippen MR) is 132 cm³/mol. The van der Waals surface area contributed by atoms with Crippen LogP contribution in [0.25, 0.3) is 16.8 Å². The van der Waals surface area contributed by atoms with E-state index in [2.05, 4.69) is 23.6 Å². The number of nitrogens with one attached hydrogen (secondary N) is 2. The third-order valence-electron chi connectivity index (χ3n) is 6.11. The van der Waals surface area contributed by atoms with Gasteiger partial charge in [-0.1, -0.05) is 30.7 Å². The first-order valence-corrected chi connectivity index (χ1v) is 11.5. The van der Waals surface area contributed by atoms with E-state index in [1.165, 1.54) is 5.56 Å². The molecule has 7 heteroatoms. The summed E-state index contributed by atoms with van der Waals surface area (Å²) in [5, 5.41) is 11.6. The molecule has 2 aromatic carbocycles. The Morgan fingerprint density at radius 1 is 1.21 bits per heavy atom. The van der Waals surface area contributed by atoms with E-state index in [9.17, 15) is 4.79 Å². The SMILES string of the molecule is CNC(=O)c1c(-c2ccc(Oc3ccccc3Cl)cc2)nn2cc3c(cc12)C(C)CCCN3. The average Bonchev–Trinajstić information content (AvgIpc) is 3.11. The van der Waals surface area contributed by atoms with E-state index in [-0.39, 0.29) is 5.91 Å². The van der Waals surface area contributed by atoms with Gasteiger partial charge in [0.25, 0.3) is 5.91 Å². The molecule has 0 radical (unpaired) electrons. The first-order valence-electron chi connectivity index (χ1n) is 11.1. The summed E-state index contributed by atoms with van der Waals surface area (Å²) in [5.74, 6) is 1.50.